The lowest BCUT2D eigenvalue weighted by Crippen LogP contribution is -2.19. The van der Waals surface area contributed by atoms with Crippen molar-refractivity contribution in [2.24, 2.45) is 0 Å². The van der Waals surface area contributed by atoms with Crippen LogP contribution in [0.15, 0.2) is 42.5 Å². The third-order valence-corrected chi connectivity index (χ3v) is 7.42. The van der Waals surface area contributed by atoms with Gasteiger partial charge in [-0.05, 0) is 93.5 Å². The summed E-state index contributed by atoms with van der Waals surface area (Å²) in [4.78, 5) is 13.2. The minimum Gasteiger partial charge on any atom is -0.508 e. The van der Waals surface area contributed by atoms with Crippen LogP contribution in [0.3, 0.4) is 0 Å². The average molecular weight is 569 g/mol. The van der Waals surface area contributed by atoms with Gasteiger partial charge in [0.2, 0.25) is 0 Å². The van der Waals surface area contributed by atoms with Gasteiger partial charge >= 0.3 is 5.97 Å². The van der Waals surface area contributed by atoms with E-state index in [0.717, 1.165) is 102 Å². The standard InChI is InChI=1S/C35H52O6/c1-3-5-6-7-8-9-10-13-16-20-28-24-31(38)26-33(39)34(28)35(40)41-32(18-4-2)21-17-14-11-12-15-19-27-22-29(36)25-30(37)23-27/h6-7,22-26,32,36-39H,3-5,8-21H2,1-2H3. The molecule has 2 aromatic rings. The Morgan fingerprint density at radius 1 is 0.683 bits per heavy atom. The van der Waals surface area contributed by atoms with E-state index in [-0.39, 0.29) is 34.7 Å². The number of aromatic hydroxyl groups is 4. The van der Waals surface area contributed by atoms with Gasteiger partial charge in [-0.3, -0.25) is 0 Å². The fraction of sp³-hybridized carbons (Fsp3) is 0.571. The predicted octanol–water partition coefficient (Wildman–Crippen LogP) is 9.27. The summed E-state index contributed by atoms with van der Waals surface area (Å²) in [5.74, 6) is -0.593. The second-order valence-electron chi connectivity index (χ2n) is 11.2. The first kappa shape index (κ1) is 34.1. The van der Waals surface area contributed by atoms with Gasteiger partial charge in [-0.25, -0.2) is 4.79 Å². The van der Waals surface area contributed by atoms with Gasteiger partial charge in [0, 0.05) is 12.1 Å². The van der Waals surface area contributed by atoms with Crippen LogP contribution in [-0.4, -0.2) is 32.5 Å². The van der Waals surface area contributed by atoms with Crippen LogP contribution in [0.4, 0.5) is 0 Å². The zero-order valence-electron chi connectivity index (χ0n) is 25.2. The normalized spacial score (nSPS) is 12.1. The summed E-state index contributed by atoms with van der Waals surface area (Å²) in [5.41, 5.74) is 1.76. The molecule has 1 unspecified atom stereocenters. The van der Waals surface area contributed by atoms with Crippen LogP contribution in [0, 0.1) is 0 Å². The van der Waals surface area contributed by atoms with Crippen molar-refractivity contribution >= 4 is 5.97 Å². The Morgan fingerprint density at radius 3 is 2.00 bits per heavy atom. The number of phenolic OH excluding ortho intramolecular Hbond substituents is 4. The first-order valence-corrected chi connectivity index (χ1v) is 15.8. The molecule has 0 bridgehead atoms. The van der Waals surface area contributed by atoms with Crippen molar-refractivity contribution in [3.05, 3.63) is 59.2 Å². The maximum Gasteiger partial charge on any atom is 0.342 e. The molecule has 0 amide bonds. The van der Waals surface area contributed by atoms with Crippen molar-refractivity contribution in [2.75, 3.05) is 0 Å². The molecule has 0 saturated carbocycles. The molecule has 1 atom stereocenters. The number of unbranched alkanes of at least 4 members (excludes halogenated alkanes) is 9. The molecule has 0 aromatic heterocycles. The van der Waals surface area contributed by atoms with E-state index in [2.05, 4.69) is 26.0 Å². The molecule has 0 aliphatic carbocycles. The topological polar surface area (TPSA) is 107 Å². The number of phenols is 4. The lowest BCUT2D eigenvalue weighted by Gasteiger charge is -2.19. The molecule has 4 N–H and O–H groups in total. The molecule has 41 heavy (non-hydrogen) atoms. The monoisotopic (exact) mass is 568 g/mol. The van der Waals surface area contributed by atoms with Crippen LogP contribution in [-0.2, 0) is 17.6 Å². The molecule has 0 fully saturated rings. The van der Waals surface area contributed by atoms with E-state index in [1.807, 2.05) is 0 Å². The highest BCUT2D eigenvalue weighted by Gasteiger charge is 2.22. The highest BCUT2D eigenvalue weighted by molar-refractivity contribution is 5.94. The van der Waals surface area contributed by atoms with Gasteiger partial charge in [0.15, 0.2) is 0 Å². The van der Waals surface area contributed by atoms with E-state index >= 15 is 0 Å². The Morgan fingerprint density at radius 2 is 1.29 bits per heavy atom. The van der Waals surface area contributed by atoms with Crippen LogP contribution in [0.1, 0.15) is 132 Å². The molecular weight excluding hydrogens is 516 g/mol. The number of allylic oxidation sites excluding steroid dienone is 2. The third kappa shape index (κ3) is 13.8. The van der Waals surface area contributed by atoms with Crippen molar-refractivity contribution in [1.29, 1.82) is 0 Å². The van der Waals surface area contributed by atoms with Crippen LogP contribution in [0.5, 0.6) is 23.0 Å². The van der Waals surface area contributed by atoms with Gasteiger partial charge in [0.1, 0.15) is 34.7 Å². The van der Waals surface area contributed by atoms with Gasteiger partial charge < -0.3 is 25.2 Å². The number of ether oxygens (including phenoxy) is 1. The van der Waals surface area contributed by atoms with Gasteiger partial charge in [-0.2, -0.15) is 0 Å². The minimum absolute atomic E-state index is 0.0407. The molecule has 0 saturated heterocycles. The first-order chi connectivity index (χ1) is 19.8. The molecule has 0 radical (unpaired) electrons. The molecule has 228 valence electrons. The summed E-state index contributed by atoms with van der Waals surface area (Å²) in [6.07, 6.45) is 20.8. The fourth-order valence-corrected chi connectivity index (χ4v) is 5.26. The maximum atomic E-state index is 13.2. The smallest absolute Gasteiger partial charge is 0.342 e. The lowest BCUT2D eigenvalue weighted by molar-refractivity contribution is 0.0249. The number of hydrogen-bond donors (Lipinski definition) is 4. The molecule has 6 heteroatoms. The first-order valence-electron chi connectivity index (χ1n) is 15.8. The van der Waals surface area contributed by atoms with Crippen molar-refractivity contribution in [2.45, 2.75) is 129 Å². The van der Waals surface area contributed by atoms with E-state index in [4.69, 9.17) is 4.74 Å². The van der Waals surface area contributed by atoms with E-state index in [1.54, 1.807) is 18.2 Å². The predicted molar refractivity (Wildman–Crippen MR) is 166 cm³/mol. The third-order valence-electron chi connectivity index (χ3n) is 7.42. The van der Waals surface area contributed by atoms with E-state index in [0.29, 0.717) is 12.0 Å². The van der Waals surface area contributed by atoms with E-state index < -0.39 is 5.97 Å². The Kier molecular flexibility index (Phi) is 16.5. The average Bonchev–Trinajstić information content (AvgIpc) is 2.90. The summed E-state index contributed by atoms with van der Waals surface area (Å²) < 4.78 is 5.90. The SMILES string of the molecule is CCCC=CCCCCCCc1cc(O)cc(O)c1C(=O)OC(CCC)CCCCCCCc1cc(O)cc(O)c1. The number of benzene rings is 2. The fourth-order valence-electron chi connectivity index (χ4n) is 5.26. The summed E-state index contributed by atoms with van der Waals surface area (Å²) in [6.45, 7) is 4.25. The number of carbonyl (C=O) groups excluding carboxylic acids is 1. The Bertz CT molecular complexity index is 1040. The largest absolute Gasteiger partial charge is 0.508 e. The number of aryl methyl sites for hydroxylation is 2. The lowest BCUT2D eigenvalue weighted by atomic mass is 9.98. The van der Waals surface area contributed by atoms with Crippen molar-refractivity contribution in [3.63, 3.8) is 0 Å². The molecule has 0 aliphatic heterocycles. The van der Waals surface area contributed by atoms with Crippen LogP contribution in [0.25, 0.3) is 0 Å². The highest BCUT2D eigenvalue weighted by atomic mass is 16.5. The minimum atomic E-state index is -0.508. The number of rotatable bonds is 21. The van der Waals surface area contributed by atoms with Crippen LogP contribution in [0.2, 0.25) is 0 Å². The van der Waals surface area contributed by atoms with Crippen molar-refractivity contribution in [3.8, 4) is 23.0 Å². The summed E-state index contributed by atoms with van der Waals surface area (Å²) in [5, 5.41) is 39.8. The molecule has 0 spiro atoms. The zero-order chi connectivity index (χ0) is 29.9. The molecule has 6 nitrogen and oxygen atoms in total. The van der Waals surface area contributed by atoms with Gasteiger partial charge in [-0.15, -0.1) is 0 Å². The second kappa shape index (κ2) is 19.8. The second-order valence-corrected chi connectivity index (χ2v) is 11.2. The van der Waals surface area contributed by atoms with Gasteiger partial charge in [-0.1, -0.05) is 70.9 Å². The van der Waals surface area contributed by atoms with E-state index in [1.165, 1.54) is 18.6 Å². The van der Waals surface area contributed by atoms with Crippen LogP contribution < -0.4 is 0 Å². The number of carbonyl (C=O) groups is 1. The Balaban J connectivity index is 1.79. The Hall–Kier alpha value is -3.15. The molecular formula is C35H52O6. The molecule has 2 rings (SSSR count). The van der Waals surface area contributed by atoms with Crippen molar-refractivity contribution in [1.82, 2.24) is 0 Å². The number of esters is 1. The molecule has 2 aromatic carbocycles. The van der Waals surface area contributed by atoms with E-state index in [9.17, 15) is 25.2 Å². The van der Waals surface area contributed by atoms with Gasteiger partial charge in [0.25, 0.3) is 0 Å². The van der Waals surface area contributed by atoms with Crippen molar-refractivity contribution < 1.29 is 30.0 Å². The zero-order valence-corrected chi connectivity index (χ0v) is 25.2. The Labute approximate surface area is 247 Å². The summed E-state index contributed by atoms with van der Waals surface area (Å²) in [6, 6.07) is 7.51. The molecule has 0 heterocycles. The maximum absolute atomic E-state index is 13.2. The highest BCUT2D eigenvalue weighted by Crippen LogP contribution is 2.30. The van der Waals surface area contributed by atoms with Gasteiger partial charge in [0.05, 0.1) is 0 Å². The molecule has 0 aliphatic rings. The quantitative estimate of drug-likeness (QED) is 0.0679. The summed E-state index contributed by atoms with van der Waals surface area (Å²) in [7, 11) is 0. The van der Waals surface area contributed by atoms with Crippen LogP contribution >= 0.6 is 0 Å². The summed E-state index contributed by atoms with van der Waals surface area (Å²) >= 11 is 0. The number of hydrogen-bond acceptors (Lipinski definition) is 6.